The molecule has 0 saturated carbocycles. The number of nitrogens with two attached hydrogens (primary N) is 1. The van der Waals surface area contributed by atoms with Crippen LogP contribution in [0.3, 0.4) is 0 Å². The van der Waals surface area contributed by atoms with Crippen molar-refractivity contribution in [2.75, 3.05) is 42.9 Å². The number of hydrogen-bond donors (Lipinski definition) is 3. The van der Waals surface area contributed by atoms with Crippen LogP contribution < -0.4 is 21.3 Å². The number of carbonyl (C=O) groups excluding carboxylic acids is 1. The van der Waals surface area contributed by atoms with E-state index in [2.05, 4.69) is 20.6 Å². The van der Waals surface area contributed by atoms with E-state index in [1.165, 1.54) is 6.07 Å². The predicted octanol–water partition coefficient (Wildman–Crippen LogP) is 4.73. The molecule has 1 fully saturated rings. The highest BCUT2D eigenvalue weighted by atomic mass is 35.5. The van der Waals surface area contributed by atoms with Crippen LogP contribution in [0.1, 0.15) is 15.9 Å². The highest BCUT2D eigenvalue weighted by Crippen LogP contribution is 2.41. The molecule has 4 N–H and O–H groups in total. The molecule has 1 saturated heterocycles. The summed E-state index contributed by atoms with van der Waals surface area (Å²) in [6.07, 6.45) is 2.41. The van der Waals surface area contributed by atoms with E-state index in [0.717, 1.165) is 35.6 Å². The zero-order valence-corrected chi connectivity index (χ0v) is 22.9. The SMILES string of the molecule is NC(=NC(=O)c1ccc(Nc2ncc3c(n2)-c2ccc(Cl)cc2N(c2ccccc2F)CC3)cc1)N1CCNCC1. The summed E-state index contributed by atoms with van der Waals surface area (Å²) in [7, 11) is 0. The van der Waals surface area contributed by atoms with Crippen molar-refractivity contribution in [1.29, 1.82) is 0 Å². The van der Waals surface area contributed by atoms with E-state index in [0.29, 0.717) is 54.0 Å². The van der Waals surface area contributed by atoms with Crippen LogP contribution >= 0.6 is 11.6 Å². The Morgan fingerprint density at radius 2 is 1.80 bits per heavy atom. The fraction of sp³-hybridized carbons (Fsp3) is 0.200. The average Bonchev–Trinajstić information content (AvgIpc) is 3.14. The van der Waals surface area contributed by atoms with Gasteiger partial charge in [-0.1, -0.05) is 23.7 Å². The molecule has 3 heterocycles. The van der Waals surface area contributed by atoms with E-state index in [4.69, 9.17) is 22.3 Å². The number of nitrogens with one attached hydrogen (secondary N) is 2. The molecule has 2 aliphatic heterocycles. The number of fused-ring (bicyclic) bond motifs is 3. The Bertz CT molecular complexity index is 1620. The largest absolute Gasteiger partial charge is 0.369 e. The van der Waals surface area contributed by atoms with Crippen LogP contribution in [0.2, 0.25) is 5.02 Å². The van der Waals surface area contributed by atoms with Gasteiger partial charge in [0.15, 0.2) is 5.96 Å². The third kappa shape index (κ3) is 5.70. The molecular formula is C30H28ClFN8O. The molecule has 0 unspecified atom stereocenters. The number of aliphatic imine (C=N–C) groups is 1. The minimum absolute atomic E-state index is 0.229. The van der Waals surface area contributed by atoms with E-state index in [-0.39, 0.29) is 11.8 Å². The molecule has 0 bridgehead atoms. The lowest BCUT2D eigenvalue weighted by atomic mass is 10.0. The standard InChI is InChI=1S/C30H28ClFN8O/c31-21-7-10-23-26(17-21)40(25-4-2-1-3-24(25)32)14-11-20-18-35-30(37-27(20)23)36-22-8-5-19(6-9-22)28(41)38-29(33)39-15-12-34-13-16-39/h1-10,17-18,34H,11-16H2,(H2,33,38,41)(H,35,36,37). The highest BCUT2D eigenvalue weighted by molar-refractivity contribution is 6.31. The molecule has 9 nitrogen and oxygen atoms in total. The lowest BCUT2D eigenvalue weighted by molar-refractivity contribution is 0.100. The van der Waals surface area contributed by atoms with E-state index >= 15 is 0 Å². The first-order chi connectivity index (χ1) is 20.0. The summed E-state index contributed by atoms with van der Waals surface area (Å²) in [5, 5.41) is 7.01. The molecule has 1 amide bonds. The van der Waals surface area contributed by atoms with Gasteiger partial charge in [0.25, 0.3) is 5.91 Å². The van der Waals surface area contributed by atoms with Gasteiger partial charge in [0.1, 0.15) is 5.82 Å². The summed E-state index contributed by atoms with van der Waals surface area (Å²) in [5.74, 6) is -0.0864. The zero-order valence-electron chi connectivity index (χ0n) is 22.1. The minimum atomic E-state index is -0.400. The monoisotopic (exact) mass is 570 g/mol. The molecule has 0 spiro atoms. The molecule has 3 aromatic carbocycles. The van der Waals surface area contributed by atoms with Crippen LogP contribution in [-0.2, 0) is 6.42 Å². The maximum Gasteiger partial charge on any atom is 0.280 e. The van der Waals surface area contributed by atoms with Crippen molar-refractivity contribution >= 4 is 46.5 Å². The summed E-state index contributed by atoms with van der Waals surface area (Å²) in [6.45, 7) is 3.57. The van der Waals surface area contributed by atoms with E-state index in [9.17, 15) is 9.18 Å². The number of piperazine rings is 1. The van der Waals surface area contributed by atoms with Crippen molar-refractivity contribution in [3.63, 3.8) is 0 Å². The Hall–Kier alpha value is -4.54. The third-order valence-electron chi connectivity index (χ3n) is 7.16. The van der Waals surface area contributed by atoms with Gasteiger partial charge in [-0.3, -0.25) is 4.79 Å². The Morgan fingerprint density at radius 3 is 2.59 bits per heavy atom. The van der Waals surface area contributed by atoms with Crippen LogP contribution in [0.4, 0.5) is 27.4 Å². The Labute approximate surface area is 241 Å². The van der Waals surface area contributed by atoms with Crippen LogP contribution in [-0.4, -0.2) is 59.5 Å². The lowest BCUT2D eigenvalue weighted by Crippen LogP contribution is -2.49. The van der Waals surface area contributed by atoms with Gasteiger partial charge in [-0.15, -0.1) is 0 Å². The van der Waals surface area contributed by atoms with Gasteiger partial charge in [-0.05, 0) is 66.6 Å². The molecule has 0 radical (unpaired) electrons. The van der Waals surface area contributed by atoms with Gasteiger partial charge in [0, 0.05) is 60.8 Å². The van der Waals surface area contributed by atoms with Gasteiger partial charge in [0.05, 0.1) is 17.1 Å². The molecule has 208 valence electrons. The number of hydrogen-bond acceptors (Lipinski definition) is 6. The van der Waals surface area contributed by atoms with Gasteiger partial charge in [-0.25, -0.2) is 14.4 Å². The fourth-order valence-electron chi connectivity index (χ4n) is 5.04. The first kappa shape index (κ1) is 26.7. The number of halogens is 2. The quantitative estimate of drug-likeness (QED) is 0.238. The van der Waals surface area contributed by atoms with Crippen molar-refractivity contribution < 1.29 is 9.18 Å². The van der Waals surface area contributed by atoms with Gasteiger partial charge >= 0.3 is 0 Å². The van der Waals surface area contributed by atoms with E-state index in [1.807, 2.05) is 28.0 Å². The zero-order chi connectivity index (χ0) is 28.3. The summed E-state index contributed by atoms with van der Waals surface area (Å²) >= 11 is 6.38. The third-order valence-corrected chi connectivity index (χ3v) is 7.40. The maximum absolute atomic E-state index is 14.8. The normalized spacial score (nSPS) is 15.1. The summed E-state index contributed by atoms with van der Waals surface area (Å²) in [5.41, 5.74) is 10.9. The molecular weight excluding hydrogens is 543 g/mol. The number of benzene rings is 3. The number of aromatic nitrogens is 2. The molecule has 0 atom stereocenters. The average molecular weight is 571 g/mol. The van der Waals surface area contributed by atoms with E-state index < -0.39 is 5.91 Å². The second-order valence-electron chi connectivity index (χ2n) is 9.80. The number of para-hydroxylation sites is 1. The number of anilines is 4. The number of rotatable bonds is 4. The topological polar surface area (TPSA) is 112 Å². The van der Waals surface area contributed by atoms with Crippen LogP contribution in [0.5, 0.6) is 0 Å². The summed E-state index contributed by atoms with van der Waals surface area (Å²) in [6, 6.07) is 19.1. The molecule has 41 heavy (non-hydrogen) atoms. The fourth-order valence-corrected chi connectivity index (χ4v) is 5.21. The molecule has 2 aliphatic rings. The van der Waals surface area contributed by atoms with Crippen molar-refractivity contribution in [2.24, 2.45) is 10.7 Å². The summed E-state index contributed by atoms with van der Waals surface area (Å²) in [4.78, 5) is 29.9. The molecule has 6 rings (SSSR count). The first-order valence-corrected chi connectivity index (χ1v) is 13.7. The second kappa shape index (κ2) is 11.5. The molecule has 0 aliphatic carbocycles. The number of amides is 1. The Morgan fingerprint density at radius 1 is 1.02 bits per heavy atom. The van der Waals surface area contributed by atoms with Crippen molar-refractivity contribution in [1.82, 2.24) is 20.2 Å². The number of carbonyl (C=O) groups is 1. The van der Waals surface area contributed by atoms with Gasteiger partial charge in [-0.2, -0.15) is 4.99 Å². The molecule has 4 aromatic rings. The molecule has 11 heteroatoms. The van der Waals surface area contributed by atoms with Crippen LogP contribution in [0.25, 0.3) is 11.3 Å². The smallest absolute Gasteiger partial charge is 0.280 e. The minimum Gasteiger partial charge on any atom is -0.369 e. The van der Waals surface area contributed by atoms with Crippen molar-refractivity contribution in [2.45, 2.75) is 6.42 Å². The van der Waals surface area contributed by atoms with E-state index in [1.54, 1.807) is 48.7 Å². The van der Waals surface area contributed by atoms with Crippen LogP contribution in [0.15, 0.2) is 77.9 Å². The second-order valence-corrected chi connectivity index (χ2v) is 10.2. The van der Waals surface area contributed by atoms with Crippen LogP contribution in [0, 0.1) is 5.82 Å². The highest BCUT2D eigenvalue weighted by Gasteiger charge is 2.25. The molecule has 1 aromatic heterocycles. The summed E-state index contributed by atoms with van der Waals surface area (Å²) < 4.78 is 14.8. The maximum atomic E-state index is 14.8. The van der Waals surface area contributed by atoms with Gasteiger partial charge < -0.3 is 26.2 Å². The Balaban J connectivity index is 1.24. The number of nitrogens with zero attached hydrogens (tertiary/aromatic N) is 5. The first-order valence-electron chi connectivity index (χ1n) is 13.4. The Kier molecular flexibility index (Phi) is 7.49. The number of guanidine groups is 1. The lowest BCUT2D eigenvalue weighted by Gasteiger charge is -2.27. The van der Waals surface area contributed by atoms with Gasteiger partial charge in [0.2, 0.25) is 5.95 Å². The van der Waals surface area contributed by atoms with Crippen molar-refractivity contribution in [3.05, 3.63) is 94.9 Å². The predicted molar refractivity (Wildman–Crippen MR) is 160 cm³/mol. The van der Waals surface area contributed by atoms with Crippen molar-refractivity contribution in [3.8, 4) is 11.3 Å².